The van der Waals surface area contributed by atoms with Crippen LogP contribution in [0, 0.1) is 11.7 Å². The second-order valence-corrected chi connectivity index (χ2v) is 5.35. The second-order valence-electron chi connectivity index (χ2n) is 5.35. The van der Waals surface area contributed by atoms with E-state index in [4.69, 9.17) is 4.74 Å². The van der Waals surface area contributed by atoms with Gasteiger partial charge < -0.3 is 4.74 Å². The number of hydrogen-bond acceptors (Lipinski definition) is 1. The SMILES string of the molecule is CC(C)/C=C/C1(c2ccccc2F)CCOCC1. The molecule has 0 unspecified atom stereocenters. The van der Waals surface area contributed by atoms with Crippen LogP contribution in [-0.2, 0) is 10.2 Å². The van der Waals surface area contributed by atoms with Gasteiger partial charge in [-0.05, 0) is 30.4 Å². The molecule has 0 atom stereocenters. The maximum Gasteiger partial charge on any atom is 0.127 e. The number of rotatable bonds is 3. The minimum absolute atomic E-state index is 0.104. The van der Waals surface area contributed by atoms with Crippen molar-refractivity contribution in [3.8, 4) is 0 Å². The van der Waals surface area contributed by atoms with E-state index in [0.717, 1.165) is 18.4 Å². The highest BCUT2D eigenvalue weighted by atomic mass is 19.1. The first-order valence-electron chi connectivity index (χ1n) is 6.66. The van der Waals surface area contributed by atoms with E-state index in [9.17, 15) is 4.39 Å². The molecule has 1 heterocycles. The van der Waals surface area contributed by atoms with Crippen LogP contribution >= 0.6 is 0 Å². The first-order chi connectivity index (χ1) is 8.64. The lowest BCUT2D eigenvalue weighted by Gasteiger charge is -2.35. The van der Waals surface area contributed by atoms with E-state index < -0.39 is 0 Å². The lowest BCUT2D eigenvalue weighted by molar-refractivity contribution is 0.0642. The quantitative estimate of drug-likeness (QED) is 0.732. The third kappa shape index (κ3) is 2.81. The van der Waals surface area contributed by atoms with E-state index in [1.165, 1.54) is 0 Å². The van der Waals surface area contributed by atoms with Gasteiger partial charge in [-0.2, -0.15) is 0 Å². The number of allylic oxidation sites excluding steroid dienone is 2. The molecule has 0 amide bonds. The van der Waals surface area contributed by atoms with Crippen LogP contribution in [-0.4, -0.2) is 13.2 Å². The van der Waals surface area contributed by atoms with Crippen LogP contribution in [0.3, 0.4) is 0 Å². The highest BCUT2D eigenvalue weighted by Gasteiger charge is 2.33. The number of benzene rings is 1. The number of hydrogen-bond donors (Lipinski definition) is 0. The molecule has 1 aliphatic rings. The van der Waals surface area contributed by atoms with Crippen LogP contribution in [0.4, 0.5) is 4.39 Å². The van der Waals surface area contributed by atoms with Crippen molar-refractivity contribution in [3.63, 3.8) is 0 Å². The normalized spacial score (nSPS) is 19.6. The fourth-order valence-corrected chi connectivity index (χ4v) is 2.50. The standard InChI is InChI=1S/C16H21FO/c1-13(2)7-8-16(9-11-18-12-10-16)14-5-3-4-6-15(14)17/h3-8,13H,9-12H2,1-2H3/b8-7+. The monoisotopic (exact) mass is 248 g/mol. The molecule has 1 fully saturated rings. The summed E-state index contributed by atoms with van der Waals surface area (Å²) in [6, 6.07) is 7.12. The zero-order chi connectivity index (χ0) is 13.0. The Hall–Kier alpha value is -1.15. The van der Waals surface area contributed by atoms with Crippen molar-refractivity contribution in [2.45, 2.75) is 32.1 Å². The molecule has 1 aromatic carbocycles. The van der Waals surface area contributed by atoms with Crippen molar-refractivity contribution in [2.24, 2.45) is 5.92 Å². The predicted molar refractivity (Wildman–Crippen MR) is 72.1 cm³/mol. The minimum Gasteiger partial charge on any atom is -0.381 e. The summed E-state index contributed by atoms with van der Waals surface area (Å²) in [6.07, 6.45) is 6.09. The summed E-state index contributed by atoms with van der Waals surface area (Å²) >= 11 is 0. The van der Waals surface area contributed by atoms with Gasteiger partial charge >= 0.3 is 0 Å². The van der Waals surface area contributed by atoms with E-state index in [1.807, 2.05) is 12.1 Å². The first kappa shape index (κ1) is 13.3. The Morgan fingerprint density at radius 3 is 2.50 bits per heavy atom. The molecule has 0 radical (unpaired) electrons. The summed E-state index contributed by atoms with van der Waals surface area (Å²) in [4.78, 5) is 0. The summed E-state index contributed by atoms with van der Waals surface area (Å²) in [5, 5.41) is 0. The van der Waals surface area contributed by atoms with Gasteiger partial charge in [0.05, 0.1) is 0 Å². The number of halogens is 1. The fourth-order valence-electron chi connectivity index (χ4n) is 2.50. The van der Waals surface area contributed by atoms with Gasteiger partial charge in [0.2, 0.25) is 0 Å². The van der Waals surface area contributed by atoms with Gasteiger partial charge in [0.25, 0.3) is 0 Å². The van der Waals surface area contributed by atoms with Crippen molar-refractivity contribution >= 4 is 0 Å². The summed E-state index contributed by atoms with van der Waals surface area (Å²) < 4.78 is 19.5. The molecule has 1 aromatic rings. The Bertz CT molecular complexity index is 417. The molecule has 98 valence electrons. The topological polar surface area (TPSA) is 9.23 Å². The minimum atomic E-state index is -0.187. The molecular weight excluding hydrogens is 227 g/mol. The van der Waals surface area contributed by atoms with Crippen LogP contribution in [0.2, 0.25) is 0 Å². The largest absolute Gasteiger partial charge is 0.381 e. The van der Waals surface area contributed by atoms with Gasteiger partial charge in [-0.1, -0.05) is 44.2 Å². The molecule has 2 heteroatoms. The molecule has 0 aromatic heterocycles. The van der Waals surface area contributed by atoms with Crippen molar-refractivity contribution in [3.05, 3.63) is 47.8 Å². The molecule has 0 N–H and O–H groups in total. The summed E-state index contributed by atoms with van der Waals surface area (Å²) in [7, 11) is 0. The van der Waals surface area contributed by atoms with E-state index in [-0.39, 0.29) is 11.2 Å². The lowest BCUT2D eigenvalue weighted by atomic mass is 9.73. The Morgan fingerprint density at radius 2 is 1.89 bits per heavy atom. The summed E-state index contributed by atoms with van der Waals surface area (Å²) in [6.45, 7) is 5.70. The third-order valence-electron chi connectivity index (χ3n) is 3.60. The summed E-state index contributed by atoms with van der Waals surface area (Å²) in [5.41, 5.74) is 0.624. The molecule has 2 rings (SSSR count). The highest BCUT2D eigenvalue weighted by molar-refractivity contribution is 5.33. The molecular formula is C16H21FO. The van der Waals surface area contributed by atoms with E-state index in [2.05, 4.69) is 26.0 Å². The van der Waals surface area contributed by atoms with Gasteiger partial charge in [0, 0.05) is 18.6 Å². The zero-order valence-electron chi connectivity index (χ0n) is 11.2. The van der Waals surface area contributed by atoms with Crippen molar-refractivity contribution in [2.75, 3.05) is 13.2 Å². The fraction of sp³-hybridized carbons (Fsp3) is 0.500. The second kappa shape index (κ2) is 5.66. The van der Waals surface area contributed by atoms with Gasteiger partial charge in [-0.3, -0.25) is 0 Å². The molecule has 0 bridgehead atoms. The average molecular weight is 248 g/mol. The molecule has 0 saturated carbocycles. The van der Waals surface area contributed by atoms with Gasteiger partial charge in [-0.15, -0.1) is 0 Å². The molecule has 1 saturated heterocycles. The molecule has 0 aliphatic carbocycles. The Kier molecular flexibility index (Phi) is 4.18. The molecule has 18 heavy (non-hydrogen) atoms. The van der Waals surface area contributed by atoms with Gasteiger partial charge in [0.15, 0.2) is 0 Å². The van der Waals surface area contributed by atoms with Gasteiger partial charge in [0.1, 0.15) is 5.82 Å². The Morgan fingerprint density at radius 1 is 1.22 bits per heavy atom. The molecule has 1 aliphatic heterocycles. The number of ether oxygens (including phenoxy) is 1. The summed E-state index contributed by atoms with van der Waals surface area (Å²) in [5.74, 6) is 0.379. The molecule has 1 nitrogen and oxygen atoms in total. The Labute approximate surface area is 109 Å². The van der Waals surface area contributed by atoms with Crippen LogP contribution < -0.4 is 0 Å². The Balaban J connectivity index is 2.38. The highest BCUT2D eigenvalue weighted by Crippen LogP contribution is 2.37. The van der Waals surface area contributed by atoms with Crippen molar-refractivity contribution in [1.82, 2.24) is 0 Å². The van der Waals surface area contributed by atoms with Crippen LogP contribution in [0.15, 0.2) is 36.4 Å². The third-order valence-corrected chi connectivity index (χ3v) is 3.60. The average Bonchev–Trinajstić information content (AvgIpc) is 2.38. The van der Waals surface area contributed by atoms with Crippen molar-refractivity contribution < 1.29 is 9.13 Å². The molecule has 0 spiro atoms. The van der Waals surface area contributed by atoms with E-state index >= 15 is 0 Å². The maximum atomic E-state index is 14.1. The first-order valence-corrected chi connectivity index (χ1v) is 6.66. The zero-order valence-corrected chi connectivity index (χ0v) is 11.2. The van der Waals surface area contributed by atoms with Crippen LogP contribution in [0.1, 0.15) is 32.3 Å². The predicted octanol–water partition coefficient (Wildman–Crippen LogP) is 4.09. The lowest BCUT2D eigenvalue weighted by Crippen LogP contribution is -2.33. The van der Waals surface area contributed by atoms with Crippen LogP contribution in [0.25, 0.3) is 0 Å². The van der Waals surface area contributed by atoms with Crippen molar-refractivity contribution in [1.29, 1.82) is 0 Å². The smallest absolute Gasteiger partial charge is 0.127 e. The van der Waals surface area contributed by atoms with E-state index in [1.54, 1.807) is 12.1 Å². The van der Waals surface area contributed by atoms with E-state index in [0.29, 0.717) is 19.1 Å². The van der Waals surface area contributed by atoms with Crippen LogP contribution in [0.5, 0.6) is 0 Å². The maximum absolute atomic E-state index is 14.1. The van der Waals surface area contributed by atoms with Gasteiger partial charge in [-0.25, -0.2) is 4.39 Å².